The van der Waals surface area contributed by atoms with Crippen molar-refractivity contribution in [2.24, 2.45) is 9.98 Å². The van der Waals surface area contributed by atoms with E-state index in [-0.39, 0.29) is 28.2 Å². The summed E-state index contributed by atoms with van der Waals surface area (Å²) in [6, 6.07) is 40.9. The molecule has 0 aliphatic rings. The molecule has 8 rings (SSSR count). The number of hydrogen-bond donors (Lipinski definition) is 2. The van der Waals surface area contributed by atoms with Gasteiger partial charge in [-0.3, -0.25) is 20.0 Å². The molecule has 0 radical (unpaired) electrons. The molecule has 0 aliphatic heterocycles. The van der Waals surface area contributed by atoms with Gasteiger partial charge in [0.2, 0.25) is 0 Å². The van der Waals surface area contributed by atoms with Gasteiger partial charge in [0, 0.05) is 23.5 Å². The van der Waals surface area contributed by atoms with E-state index in [0.29, 0.717) is 45.3 Å². The average Bonchev–Trinajstić information content (AvgIpc) is 3.24. The van der Waals surface area contributed by atoms with Gasteiger partial charge in [-0.05, 0) is 84.6 Å². The molecule has 0 atom stereocenters. The minimum atomic E-state index is -1.03. The molecule has 0 saturated heterocycles. The molecule has 2 N–H and O–H groups in total. The number of pyridine rings is 2. The number of carboxylic acids is 2. The Kier molecular flexibility index (Phi) is 12.7. The minimum absolute atomic E-state index is 0. The number of hydrogen-bond acceptors (Lipinski definition) is 6. The third kappa shape index (κ3) is 8.77. The molecule has 11 heteroatoms. The van der Waals surface area contributed by atoms with Crippen molar-refractivity contribution in [1.29, 1.82) is 0 Å². The first-order chi connectivity index (χ1) is 28.2. The van der Waals surface area contributed by atoms with Gasteiger partial charge in [-0.1, -0.05) is 109 Å². The molecule has 0 bridgehead atoms. The van der Waals surface area contributed by atoms with E-state index in [4.69, 9.17) is 10.6 Å². The largest absolute Gasteiger partial charge is 2.00 e. The van der Waals surface area contributed by atoms with Crippen LogP contribution >= 0.6 is 0 Å². The fraction of sp³-hybridized carbons (Fsp3) is 0.0417. The molecule has 59 heavy (non-hydrogen) atoms. The first-order valence-electron chi connectivity index (χ1n) is 18.2. The first-order valence-corrected chi connectivity index (χ1v) is 18.2. The zero-order valence-electron chi connectivity index (χ0n) is 32.0. The molecule has 0 aliphatic carbocycles. The van der Waals surface area contributed by atoms with Crippen LogP contribution < -0.4 is 0 Å². The molecule has 8 aromatic rings. The van der Waals surface area contributed by atoms with Gasteiger partial charge in [0.05, 0.1) is 33.5 Å². The normalized spacial score (nSPS) is 10.5. The fourth-order valence-corrected chi connectivity index (χ4v) is 6.77. The number of carbonyl (C=O) groups is 2. The standard InChI is InChI=1S/2C24H18N3O2.Fe/c2*1-15-7-3-4-10-18(15)19-13-17(24(28)29)14-21(23(19)25-2)27-20-11-5-8-16-9-6-12-26-22(16)20;/h2*3-14H,2H2,1H3,(H,28,29);/q2*-1;+2. The van der Waals surface area contributed by atoms with Gasteiger partial charge in [-0.25, -0.2) is 9.59 Å². The second kappa shape index (κ2) is 18.2. The number of benzene rings is 6. The number of para-hydroxylation sites is 2. The van der Waals surface area contributed by atoms with Crippen molar-refractivity contribution in [3.05, 3.63) is 179 Å². The maximum atomic E-state index is 11.8. The molecule has 2 aromatic heterocycles. The fourth-order valence-electron chi connectivity index (χ4n) is 6.77. The van der Waals surface area contributed by atoms with E-state index in [1.807, 2.05) is 123 Å². The minimum Gasteiger partial charge on any atom is -0.654 e. The van der Waals surface area contributed by atoms with Crippen molar-refractivity contribution in [1.82, 2.24) is 9.97 Å². The predicted molar refractivity (Wildman–Crippen MR) is 234 cm³/mol. The molecule has 6 aromatic carbocycles. The summed E-state index contributed by atoms with van der Waals surface area (Å²) in [6.45, 7) is 11.4. The molecule has 290 valence electrons. The SMILES string of the molecule is C=Nc1c([N-]c2cccc3cccnc23)cc(C(=O)O)cc1-c1ccccc1C.C=Nc1c([N-]c2cccc3cccnc23)cc(C(=O)O)cc1-c1ccccc1C.[Fe+2]. The van der Waals surface area contributed by atoms with Crippen LogP contribution in [0.1, 0.15) is 31.8 Å². The number of carboxylic acid groups (broad SMARTS) is 2. The van der Waals surface area contributed by atoms with Crippen LogP contribution in [-0.2, 0) is 17.1 Å². The van der Waals surface area contributed by atoms with E-state index < -0.39 is 11.9 Å². The zero-order valence-corrected chi connectivity index (χ0v) is 33.1. The van der Waals surface area contributed by atoms with Crippen LogP contribution in [-0.4, -0.2) is 45.6 Å². The molecule has 0 saturated carbocycles. The van der Waals surface area contributed by atoms with Crippen molar-refractivity contribution < 1.29 is 36.9 Å². The van der Waals surface area contributed by atoms with Gasteiger partial charge in [-0.15, -0.1) is 22.7 Å². The number of aromatic carboxylic acids is 2. The van der Waals surface area contributed by atoms with Crippen molar-refractivity contribution in [3.63, 3.8) is 0 Å². The Bertz CT molecular complexity index is 2690. The molecular formula is C48H36FeN6O4. The van der Waals surface area contributed by atoms with Gasteiger partial charge >= 0.3 is 29.0 Å². The predicted octanol–water partition coefficient (Wildman–Crippen LogP) is 13.2. The van der Waals surface area contributed by atoms with Crippen LogP contribution in [0.15, 0.2) is 156 Å². The summed E-state index contributed by atoms with van der Waals surface area (Å²) in [5, 5.41) is 30.7. The van der Waals surface area contributed by atoms with Gasteiger partial charge in [-0.2, -0.15) is 0 Å². The van der Waals surface area contributed by atoms with Crippen LogP contribution in [0.2, 0.25) is 0 Å². The van der Waals surface area contributed by atoms with E-state index in [2.05, 4.69) is 33.4 Å². The topological polar surface area (TPSA) is 153 Å². The van der Waals surface area contributed by atoms with E-state index in [0.717, 1.165) is 44.1 Å². The first kappa shape index (κ1) is 41.2. The van der Waals surface area contributed by atoms with Crippen LogP contribution in [0.25, 0.3) is 54.7 Å². The van der Waals surface area contributed by atoms with Crippen molar-refractivity contribution in [2.45, 2.75) is 13.8 Å². The van der Waals surface area contributed by atoms with Crippen molar-refractivity contribution in [3.8, 4) is 22.3 Å². The third-order valence-corrected chi connectivity index (χ3v) is 9.56. The van der Waals surface area contributed by atoms with E-state index >= 15 is 0 Å². The Morgan fingerprint density at radius 3 is 1.27 bits per heavy atom. The van der Waals surface area contributed by atoms with Gasteiger partial charge in [0.1, 0.15) is 0 Å². The van der Waals surface area contributed by atoms with Crippen molar-refractivity contribution >= 4 is 81.3 Å². The van der Waals surface area contributed by atoms with Crippen LogP contribution in [0, 0.1) is 13.8 Å². The quantitative estimate of drug-likeness (QED) is 0.103. The summed E-state index contributed by atoms with van der Waals surface area (Å²) in [6.07, 6.45) is 3.42. The number of aliphatic imine (C=N–C) groups is 2. The third-order valence-electron chi connectivity index (χ3n) is 9.56. The molecule has 0 spiro atoms. The second-order valence-corrected chi connectivity index (χ2v) is 13.3. The Morgan fingerprint density at radius 2 is 0.898 bits per heavy atom. The van der Waals surface area contributed by atoms with E-state index in [1.165, 1.54) is 12.1 Å². The molecule has 0 amide bonds. The van der Waals surface area contributed by atoms with Gasteiger partial charge in [0.25, 0.3) is 0 Å². The number of fused-ring (bicyclic) bond motifs is 2. The number of nitrogens with zero attached hydrogens (tertiary/aromatic N) is 6. The Balaban J connectivity index is 0.000000195. The smallest absolute Gasteiger partial charge is 0.654 e. The van der Waals surface area contributed by atoms with E-state index in [9.17, 15) is 19.8 Å². The zero-order chi connectivity index (χ0) is 40.8. The Morgan fingerprint density at radius 1 is 0.508 bits per heavy atom. The number of rotatable bonds is 10. The summed E-state index contributed by atoms with van der Waals surface area (Å²) in [5.41, 5.74) is 10.2. The average molecular weight is 817 g/mol. The summed E-state index contributed by atoms with van der Waals surface area (Å²) in [7, 11) is 0. The van der Waals surface area contributed by atoms with Gasteiger partial charge < -0.3 is 20.8 Å². The van der Waals surface area contributed by atoms with Crippen LogP contribution in [0.5, 0.6) is 0 Å². The van der Waals surface area contributed by atoms with Crippen LogP contribution in [0.3, 0.4) is 0 Å². The molecule has 2 heterocycles. The summed E-state index contributed by atoms with van der Waals surface area (Å²) >= 11 is 0. The molecule has 10 nitrogen and oxygen atoms in total. The number of aryl methyl sites for hydroxylation is 2. The van der Waals surface area contributed by atoms with Crippen LogP contribution in [0.4, 0.5) is 34.1 Å². The maximum Gasteiger partial charge on any atom is 2.00 e. The maximum absolute atomic E-state index is 11.8. The molecule has 0 unspecified atom stereocenters. The Hall–Kier alpha value is -7.46. The summed E-state index contributed by atoms with van der Waals surface area (Å²) < 4.78 is 0. The summed E-state index contributed by atoms with van der Waals surface area (Å²) in [4.78, 5) is 40.8. The monoisotopic (exact) mass is 816 g/mol. The van der Waals surface area contributed by atoms with Gasteiger partial charge in [0.15, 0.2) is 0 Å². The molecule has 0 fully saturated rings. The Labute approximate surface area is 351 Å². The van der Waals surface area contributed by atoms with Crippen molar-refractivity contribution in [2.75, 3.05) is 0 Å². The molecular weight excluding hydrogens is 780 g/mol. The van der Waals surface area contributed by atoms with E-state index in [1.54, 1.807) is 24.5 Å². The summed E-state index contributed by atoms with van der Waals surface area (Å²) in [5.74, 6) is -2.05. The number of aromatic nitrogens is 2. The second-order valence-electron chi connectivity index (χ2n) is 13.3.